The van der Waals surface area contributed by atoms with Gasteiger partial charge in [0.2, 0.25) is 0 Å². The number of carbonyl (C=O) groups excluding carboxylic acids is 1. The summed E-state index contributed by atoms with van der Waals surface area (Å²) < 4.78 is 21.3. The van der Waals surface area contributed by atoms with Crippen molar-refractivity contribution in [1.29, 1.82) is 0 Å². The Hall–Kier alpha value is -3.33. The zero-order valence-electron chi connectivity index (χ0n) is 20.5. The summed E-state index contributed by atoms with van der Waals surface area (Å²) in [6.07, 6.45) is 2.64. The van der Waals surface area contributed by atoms with Gasteiger partial charge in [-0.25, -0.2) is 4.79 Å². The molecule has 2 aromatic rings. The average molecular weight is 473 g/mol. The van der Waals surface area contributed by atoms with Crippen LogP contribution in [0.25, 0.3) is 0 Å². The molecule has 1 aliphatic rings. The van der Waals surface area contributed by atoms with E-state index in [1.165, 1.54) is 0 Å². The Morgan fingerprint density at radius 1 is 0.853 bits per heavy atom. The Balaban J connectivity index is 1.34. The van der Waals surface area contributed by atoms with E-state index in [0.717, 1.165) is 61.6 Å². The van der Waals surface area contributed by atoms with Gasteiger partial charge in [0.1, 0.15) is 0 Å². The molecule has 3 N–H and O–H groups in total. The molecule has 0 unspecified atom stereocenters. The topological polar surface area (TPSA) is 93.3 Å². The van der Waals surface area contributed by atoms with Gasteiger partial charge in [-0.2, -0.15) is 0 Å². The smallest absolute Gasteiger partial charge is 0.321 e. The van der Waals surface area contributed by atoms with Gasteiger partial charge in [0, 0.05) is 43.1 Å². The van der Waals surface area contributed by atoms with Gasteiger partial charge in [0.05, 0.1) is 28.4 Å². The first-order chi connectivity index (χ1) is 16.6. The maximum atomic E-state index is 12.7. The van der Waals surface area contributed by atoms with Crippen molar-refractivity contribution < 1.29 is 23.7 Å². The summed E-state index contributed by atoms with van der Waals surface area (Å²) in [7, 11) is 6.47. The van der Waals surface area contributed by atoms with Crippen LogP contribution in [-0.4, -0.2) is 72.1 Å². The molecule has 0 fully saturated rings. The number of fused-ring (bicyclic) bond motifs is 1. The molecule has 0 spiro atoms. The van der Waals surface area contributed by atoms with Crippen molar-refractivity contribution in [3.05, 3.63) is 35.9 Å². The van der Waals surface area contributed by atoms with Crippen molar-refractivity contribution in [1.82, 2.24) is 10.2 Å². The SMILES string of the molecule is COc1ccc(NCCCNCCCN2CCc3cc(OC)c(OC)cc3NC2=O)cc1OC. The maximum absolute atomic E-state index is 12.7. The lowest BCUT2D eigenvalue weighted by atomic mass is 10.1. The molecular weight excluding hydrogens is 436 g/mol. The summed E-state index contributed by atoms with van der Waals surface area (Å²) in [4.78, 5) is 14.5. The number of urea groups is 1. The van der Waals surface area contributed by atoms with E-state index in [2.05, 4.69) is 16.0 Å². The average Bonchev–Trinajstić information content (AvgIpc) is 3.01. The third-order valence-electron chi connectivity index (χ3n) is 5.81. The highest BCUT2D eigenvalue weighted by atomic mass is 16.5. The quantitative estimate of drug-likeness (QED) is 0.384. The minimum atomic E-state index is -0.0786. The first-order valence-corrected chi connectivity index (χ1v) is 11.6. The largest absolute Gasteiger partial charge is 0.493 e. The Morgan fingerprint density at radius 2 is 1.53 bits per heavy atom. The third-order valence-corrected chi connectivity index (χ3v) is 5.81. The van der Waals surface area contributed by atoms with Crippen LogP contribution in [0.2, 0.25) is 0 Å². The molecule has 1 heterocycles. The zero-order chi connectivity index (χ0) is 24.3. The van der Waals surface area contributed by atoms with Crippen molar-refractivity contribution in [3.8, 4) is 23.0 Å². The Kier molecular flexibility index (Phi) is 9.51. The van der Waals surface area contributed by atoms with Crippen LogP contribution in [0.3, 0.4) is 0 Å². The number of nitrogens with zero attached hydrogens (tertiary/aromatic N) is 1. The number of hydrogen-bond donors (Lipinski definition) is 3. The van der Waals surface area contributed by atoms with E-state index < -0.39 is 0 Å². The van der Waals surface area contributed by atoms with Crippen LogP contribution in [0.15, 0.2) is 30.3 Å². The second-order valence-corrected chi connectivity index (χ2v) is 7.99. The van der Waals surface area contributed by atoms with Gasteiger partial charge in [0.25, 0.3) is 0 Å². The van der Waals surface area contributed by atoms with Crippen molar-refractivity contribution in [2.24, 2.45) is 0 Å². The predicted molar refractivity (Wildman–Crippen MR) is 134 cm³/mol. The summed E-state index contributed by atoms with van der Waals surface area (Å²) >= 11 is 0. The lowest BCUT2D eigenvalue weighted by molar-refractivity contribution is 0.212. The molecule has 3 rings (SSSR count). The van der Waals surface area contributed by atoms with Crippen LogP contribution < -0.4 is 34.9 Å². The molecule has 2 amide bonds. The molecule has 34 heavy (non-hydrogen) atoms. The molecule has 1 aliphatic heterocycles. The highest BCUT2D eigenvalue weighted by molar-refractivity contribution is 5.91. The Bertz CT molecular complexity index is 953. The summed E-state index contributed by atoms with van der Waals surface area (Å²) in [5.41, 5.74) is 2.83. The van der Waals surface area contributed by atoms with E-state index in [9.17, 15) is 4.79 Å². The van der Waals surface area contributed by atoms with Crippen LogP contribution in [-0.2, 0) is 6.42 Å². The first kappa shape index (κ1) is 25.3. The molecule has 0 saturated carbocycles. The fourth-order valence-electron chi connectivity index (χ4n) is 3.92. The summed E-state index contributed by atoms with van der Waals surface area (Å²) in [6.45, 7) is 3.98. The maximum Gasteiger partial charge on any atom is 0.321 e. The first-order valence-electron chi connectivity index (χ1n) is 11.6. The van der Waals surface area contributed by atoms with Crippen molar-refractivity contribution >= 4 is 17.4 Å². The molecule has 0 atom stereocenters. The number of hydrogen-bond acceptors (Lipinski definition) is 7. The van der Waals surface area contributed by atoms with Crippen LogP contribution in [0.4, 0.5) is 16.2 Å². The van der Waals surface area contributed by atoms with Gasteiger partial charge in [-0.15, -0.1) is 0 Å². The standard InChI is InChI=1S/C25H36N4O5/c1-31-21-8-7-19(16-23(21)33-3)27-12-5-10-26-11-6-13-29-14-9-18-15-22(32-2)24(34-4)17-20(18)28-25(29)30/h7-8,15-17,26-27H,5-6,9-14H2,1-4H3,(H,28,30). The Morgan fingerprint density at radius 3 is 2.26 bits per heavy atom. The number of nitrogens with one attached hydrogen (secondary N) is 3. The number of methoxy groups -OCH3 is 4. The number of ether oxygens (including phenoxy) is 4. The fourth-order valence-corrected chi connectivity index (χ4v) is 3.92. The Labute approximate surface area is 201 Å². The van der Waals surface area contributed by atoms with Crippen molar-refractivity contribution in [2.75, 3.05) is 71.8 Å². The lowest BCUT2D eigenvalue weighted by Gasteiger charge is -2.20. The minimum Gasteiger partial charge on any atom is -0.493 e. The molecule has 9 heteroatoms. The van der Waals surface area contributed by atoms with E-state index >= 15 is 0 Å². The highest BCUT2D eigenvalue weighted by Crippen LogP contribution is 2.35. The molecule has 0 aromatic heterocycles. The number of carbonyl (C=O) groups is 1. The monoisotopic (exact) mass is 472 g/mol. The lowest BCUT2D eigenvalue weighted by Crippen LogP contribution is -2.36. The van der Waals surface area contributed by atoms with Crippen LogP contribution >= 0.6 is 0 Å². The van der Waals surface area contributed by atoms with E-state index in [4.69, 9.17) is 18.9 Å². The van der Waals surface area contributed by atoms with E-state index in [0.29, 0.717) is 30.3 Å². The zero-order valence-corrected chi connectivity index (χ0v) is 20.5. The molecule has 0 aliphatic carbocycles. The van der Waals surface area contributed by atoms with Crippen LogP contribution in [0.1, 0.15) is 18.4 Å². The van der Waals surface area contributed by atoms with Gasteiger partial charge < -0.3 is 39.8 Å². The van der Waals surface area contributed by atoms with Crippen molar-refractivity contribution in [3.63, 3.8) is 0 Å². The van der Waals surface area contributed by atoms with Crippen LogP contribution in [0.5, 0.6) is 23.0 Å². The van der Waals surface area contributed by atoms with E-state index in [1.807, 2.05) is 35.2 Å². The second kappa shape index (κ2) is 12.8. The molecule has 2 aromatic carbocycles. The van der Waals surface area contributed by atoms with Crippen molar-refractivity contribution in [2.45, 2.75) is 19.3 Å². The third kappa shape index (κ3) is 6.60. The van der Waals surface area contributed by atoms with Crippen LogP contribution in [0, 0.1) is 0 Å². The van der Waals surface area contributed by atoms with Gasteiger partial charge in [0.15, 0.2) is 23.0 Å². The van der Waals surface area contributed by atoms with Gasteiger partial charge in [-0.05, 0) is 56.1 Å². The predicted octanol–water partition coefficient (Wildman–Crippen LogP) is 3.59. The molecule has 0 saturated heterocycles. The number of amides is 2. The summed E-state index contributed by atoms with van der Waals surface area (Å²) in [5.74, 6) is 2.72. The molecule has 9 nitrogen and oxygen atoms in total. The molecule has 186 valence electrons. The second-order valence-electron chi connectivity index (χ2n) is 7.99. The number of anilines is 2. The molecule has 0 bridgehead atoms. The molecule has 0 radical (unpaired) electrons. The molecular formula is C25H36N4O5. The van der Waals surface area contributed by atoms with Gasteiger partial charge >= 0.3 is 6.03 Å². The highest BCUT2D eigenvalue weighted by Gasteiger charge is 2.21. The fraction of sp³-hybridized carbons (Fsp3) is 0.480. The summed E-state index contributed by atoms with van der Waals surface area (Å²) in [5, 5.41) is 9.85. The minimum absolute atomic E-state index is 0.0786. The van der Waals surface area contributed by atoms with Gasteiger partial charge in [-0.3, -0.25) is 0 Å². The van der Waals surface area contributed by atoms with Gasteiger partial charge in [-0.1, -0.05) is 0 Å². The van der Waals surface area contributed by atoms with E-state index in [1.54, 1.807) is 28.4 Å². The summed E-state index contributed by atoms with van der Waals surface area (Å²) in [6, 6.07) is 9.49. The number of rotatable bonds is 13. The van der Waals surface area contributed by atoms with E-state index in [-0.39, 0.29) is 6.03 Å². The number of benzene rings is 2. The normalized spacial score (nSPS) is 12.9.